The summed E-state index contributed by atoms with van der Waals surface area (Å²) in [6.45, 7) is 10.00. The van der Waals surface area contributed by atoms with Gasteiger partial charge < -0.3 is 10.1 Å². The average molecular weight is 182 g/mol. The summed E-state index contributed by atoms with van der Waals surface area (Å²) in [4.78, 5) is 7.28. The van der Waals surface area contributed by atoms with E-state index in [0.29, 0.717) is 0 Å². The molecule has 1 aromatic heterocycles. The van der Waals surface area contributed by atoms with Crippen molar-refractivity contribution in [3.05, 3.63) is 30.4 Å². The van der Waals surface area contributed by atoms with E-state index in [1.807, 2.05) is 13.0 Å². The zero-order valence-electron chi connectivity index (χ0n) is 8.76. The van der Waals surface area contributed by atoms with Crippen LogP contribution in [0.3, 0.4) is 0 Å². The van der Waals surface area contributed by atoms with E-state index in [0.717, 1.165) is 18.5 Å². The quantitative estimate of drug-likeness (QED) is 0.685. The molecule has 74 valence electrons. The molecule has 0 saturated heterocycles. The molecule has 0 aliphatic carbocycles. The Morgan fingerprint density at radius 2 is 2.08 bits per heavy atom. The normalized spacial score (nSPS) is 10.2. The van der Waals surface area contributed by atoms with Crippen LogP contribution in [0.25, 0.3) is 0 Å². The molecule has 1 heterocycles. The fourth-order valence-electron chi connectivity index (χ4n) is 1.11. The number of aliphatic hydroxyl groups excluding tert-OH is 1. The molecule has 0 fully saturated rings. The van der Waals surface area contributed by atoms with Crippen molar-refractivity contribution in [3.8, 4) is 0 Å². The summed E-state index contributed by atoms with van der Waals surface area (Å²) in [5, 5.41) is 7.00. The second-order valence-corrected chi connectivity index (χ2v) is 3.30. The number of imidazole rings is 1. The molecule has 0 aromatic carbocycles. The van der Waals surface area contributed by atoms with Crippen LogP contribution in [0.1, 0.15) is 25.2 Å². The molecule has 0 bridgehead atoms. The first-order chi connectivity index (χ1) is 6.08. The van der Waals surface area contributed by atoms with E-state index in [1.54, 1.807) is 6.33 Å². The number of nitrogens with zero attached hydrogens (tertiary/aromatic N) is 1. The number of nitrogens with one attached hydrogen (secondary N) is 1. The predicted molar refractivity (Wildman–Crippen MR) is 54.7 cm³/mol. The van der Waals surface area contributed by atoms with Crippen LogP contribution in [-0.2, 0) is 5.41 Å². The first-order valence-corrected chi connectivity index (χ1v) is 4.16. The lowest BCUT2D eigenvalue weighted by molar-refractivity contribution is 0.399. The van der Waals surface area contributed by atoms with Gasteiger partial charge in [0, 0.05) is 18.2 Å². The highest BCUT2D eigenvalue weighted by atomic mass is 16.2. The number of aromatic nitrogens is 2. The number of rotatable bonds is 2. The van der Waals surface area contributed by atoms with Crippen molar-refractivity contribution in [2.45, 2.75) is 26.2 Å². The molecule has 1 aromatic rings. The Labute approximate surface area is 79.5 Å². The van der Waals surface area contributed by atoms with Gasteiger partial charge in [0.25, 0.3) is 0 Å². The van der Waals surface area contributed by atoms with E-state index < -0.39 is 0 Å². The Morgan fingerprint density at radius 3 is 2.38 bits per heavy atom. The molecule has 0 aliphatic heterocycles. The van der Waals surface area contributed by atoms with Gasteiger partial charge in [-0.2, -0.15) is 0 Å². The minimum absolute atomic E-state index is 0.0237. The topological polar surface area (TPSA) is 48.9 Å². The van der Waals surface area contributed by atoms with Gasteiger partial charge in [0.05, 0.1) is 12.0 Å². The number of hydrogen-bond acceptors (Lipinski definition) is 2. The first kappa shape index (κ1) is 11.9. The summed E-state index contributed by atoms with van der Waals surface area (Å²) in [5.74, 6) is 0. The van der Waals surface area contributed by atoms with Gasteiger partial charge in [-0.3, -0.25) is 0 Å². The first-order valence-electron chi connectivity index (χ1n) is 4.16. The summed E-state index contributed by atoms with van der Waals surface area (Å²) in [6.07, 6.45) is 3.63. The Balaban J connectivity index is 0.000000671. The van der Waals surface area contributed by atoms with Crippen molar-refractivity contribution in [3.63, 3.8) is 0 Å². The second kappa shape index (κ2) is 4.82. The Bertz CT molecular complexity index is 264. The molecular formula is C10H18N2O. The number of hydrogen-bond donors (Lipinski definition) is 2. The molecule has 0 radical (unpaired) electrons. The Morgan fingerprint density at radius 1 is 1.54 bits per heavy atom. The summed E-state index contributed by atoms with van der Waals surface area (Å²) >= 11 is 0. The lowest BCUT2D eigenvalue weighted by atomic mass is 9.88. The maximum atomic E-state index is 7.00. The molecule has 2 N–H and O–H groups in total. The average Bonchev–Trinajstić information content (AvgIpc) is 2.55. The fourth-order valence-corrected chi connectivity index (χ4v) is 1.11. The molecule has 0 aliphatic rings. The van der Waals surface area contributed by atoms with Crippen LogP contribution in [0, 0.1) is 6.92 Å². The van der Waals surface area contributed by atoms with Crippen LogP contribution in [-0.4, -0.2) is 22.2 Å². The Hall–Kier alpha value is -1.09. The number of H-pyrrole nitrogens is 1. The summed E-state index contributed by atoms with van der Waals surface area (Å²) < 4.78 is 0. The number of aryl methyl sites for hydroxylation is 1. The smallest absolute Gasteiger partial charge is 0.0925 e. The van der Waals surface area contributed by atoms with Crippen LogP contribution < -0.4 is 0 Å². The highest BCUT2D eigenvalue weighted by Crippen LogP contribution is 2.23. The SMILES string of the molecule is C=CC(C)(C)c1nc[nH]c1C.CO. The van der Waals surface area contributed by atoms with Crippen LogP contribution in [0.15, 0.2) is 19.0 Å². The predicted octanol–water partition coefficient (Wildman–Crippen LogP) is 1.79. The van der Waals surface area contributed by atoms with E-state index in [2.05, 4.69) is 30.4 Å². The van der Waals surface area contributed by atoms with Crippen LogP contribution >= 0.6 is 0 Å². The molecule has 0 amide bonds. The van der Waals surface area contributed by atoms with Crippen LogP contribution in [0.2, 0.25) is 0 Å². The van der Waals surface area contributed by atoms with Crippen molar-refractivity contribution in [2.24, 2.45) is 0 Å². The molecule has 0 spiro atoms. The largest absolute Gasteiger partial charge is 0.400 e. The van der Waals surface area contributed by atoms with E-state index >= 15 is 0 Å². The standard InChI is InChI=1S/C9H14N2.CH4O/c1-5-9(3,4)8-7(2)10-6-11-8;1-2/h5-6H,1H2,2-4H3,(H,10,11);2H,1H3. The molecular weight excluding hydrogens is 164 g/mol. The fraction of sp³-hybridized carbons (Fsp3) is 0.500. The molecule has 3 heteroatoms. The van der Waals surface area contributed by atoms with E-state index in [1.165, 1.54) is 0 Å². The highest BCUT2D eigenvalue weighted by Gasteiger charge is 2.20. The number of allylic oxidation sites excluding steroid dienone is 1. The minimum Gasteiger partial charge on any atom is -0.400 e. The summed E-state index contributed by atoms with van der Waals surface area (Å²) in [6, 6.07) is 0. The monoisotopic (exact) mass is 182 g/mol. The maximum Gasteiger partial charge on any atom is 0.0925 e. The second-order valence-electron chi connectivity index (χ2n) is 3.30. The van der Waals surface area contributed by atoms with E-state index in [9.17, 15) is 0 Å². The number of aliphatic hydroxyl groups is 1. The van der Waals surface area contributed by atoms with Gasteiger partial charge in [-0.25, -0.2) is 4.98 Å². The third kappa shape index (κ3) is 2.70. The zero-order valence-corrected chi connectivity index (χ0v) is 8.76. The van der Waals surface area contributed by atoms with E-state index in [4.69, 9.17) is 5.11 Å². The summed E-state index contributed by atoms with van der Waals surface area (Å²) in [5.41, 5.74) is 2.17. The van der Waals surface area contributed by atoms with Crippen molar-refractivity contribution >= 4 is 0 Å². The van der Waals surface area contributed by atoms with Crippen LogP contribution in [0.4, 0.5) is 0 Å². The lowest BCUT2D eigenvalue weighted by Gasteiger charge is -2.17. The van der Waals surface area contributed by atoms with Gasteiger partial charge in [-0.1, -0.05) is 19.9 Å². The number of aromatic amines is 1. The van der Waals surface area contributed by atoms with Gasteiger partial charge in [-0.15, -0.1) is 6.58 Å². The van der Waals surface area contributed by atoms with Crippen LogP contribution in [0.5, 0.6) is 0 Å². The lowest BCUT2D eigenvalue weighted by Crippen LogP contribution is -2.14. The minimum atomic E-state index is -0.0237. The summed E-state index contributed by atoms with van der Waals surface area (Å²) in [7, 11) is 1.00. The molecule has 0 atom stereocenters. The van der Waals surface area contributed by atoms with Crippen molar-refractivity contribution in [1.29, 1.82) is 0 Å². The third-order valence-electron chi connectivity index (χ3n) is 1.95. The Kier molecular flexibility index (Phi) is 4.42. The van der Waals surface area contributed by atoms with Gasteiger partial charge in [0.1, 0.15) is 0 Å². The van der Waals surface area contributed by atoms with Gasteiger partial charge >= 0.3 is 0 Å². The third-order valence-corrected chi connectivity index (χ3v) is 1.95. The van der Waals surface area contributed by atoms with Gasteiger partial charge in [0.2, 0.25) is 0 Å². The van der Waals surface area contributed by atoms with Gasteiger partial charge in [0.15, 0.2) is 0 Å². The maximum absolute atomic E-state index is 7.00. The molecule has 3 nitrogen and oxygen atoms in total. The van der Waals surface area contributed by atoms with E-state index in [-0.39, 0.29) is 5.41 Å². The molecule has 0 saturated carbocycles. The van der Waals surface area contributed by atoms with Crippen molar-refractivity contribution < 1.29 is 5.11 Å². The molecule has 1 rings (SSSR count). The van der Waals surface area contributed by atoms with Crippen molar-refractivity contribution in [1.82, 2.24) is 9.97 Å². The molecule has 13 heavy (non-hydrogen) atoms. The van der Waals surface area contributed by atoms with Crippen molar-refractivity contribution in [2.75, 3.05) is 7.11 Å². The molecule has 0 unspecified atom stereocenters. The van der Waals surface area contributed by atoms with Gasteiger partial charge in [-0.05, 0) is 6.92 Å². The zero-order chi connectivity index (χ0) is 10.5. The highest BCUT2D eigenvalue weighted by molar-refractivity contribution is 5.24.